The van der Waals surface area contributed by atoms with Gasteiger partial charge in [-0.25, -0.2) is 9.37 Å². The number of hydrogen-bond donors (Lipinski definition) is 1. The quantitative estimate of drug-likeness (QED) is 0.680. The molecule has 0 spiro atoms. The number of ether oxygens (including phenoxy) is 2. The zero-order valence-corrected chi connectivity index (χ0v) is 15.5. The summed E-state index contributed by atoms with van der Waals surface area (Å²) in [5.74, 6) is 1.13. The van der Waals surface area contributed by atoms with Crippen LogP contribution >= 0.6 is 0 Å². The van der Waals surface area contributed by atoms with Crippen LogP contribution in [0.15, 0.2) is 66.9 Å². The molecule has 3 aromatic rings. The van der Waals surface area contributed by atoms with Crippen molar-refractivity contribution < 1.29 is 13.9 Å². The number of anilines is 1. The lowest BCUT2D eigenvalue weighted by Crippen LogP contribution is -2.40. The molecule has 0 aliphatic carbocycles. The van der Waals surface area contributed by atoms with E-state index in [0.29, 0.717) is 24.1 Å². The first-order valence-electron chi connectivity index (χ1n) is 9.37. The van der Waals surface area contributed by atoms with Crippen LogP contribution in [0.5, 0.6) is 11.6 Å². The first kappa shape index (κ1) is 18.4. The number of hydrogen-bond acceptors (Lipinski definition) is 5. The highest BCUT2D eigenvalue weighted by Crippen LogP contribution is 2.35. The van der Waals surface area contributed by atoms with Crippen LogP contribution in [0.4, 0.5) is 10.3 Å². The van der Waals surface area contributed by atoms with Gasteiger partial charge in [-0.1, -0.05) is 30.3 Å². The second-order valence-electron chi connectivity index (χ2n) is 6.89. The number of nitrogens with zero attached hydrogens (tertiary/aromatic N) is 2. The fourth-order valence-corrected chi connectivity index (χ4v) is 3.48. The number of halogens is 1. The molecule has 1 aliphatic rings. The smallest absolute Gasteiger partial charge is 0.225 e. The molecule has 6 heteroatoms. The second kappa shape index (κ2) is 8.35. The zero-order chi connectivity index (χ0) is 19.2. The molecule has 2 aromatic carbocycles. The van der Waals surface area contributed by atoms with Crippen LogP contribution in [0.1, 0.15) is 18.4 Å². The van der Waals surface area contributed by atoms with Gasteiger partial charge in [0.15, 0.2) is 0 Å². The summed E-state index contributed by atoms with van der Waals surface area (Å²) in [5.41, 5.74) is 1.28. The molecule has 1 aromatic heterocycles. The van der Waals surface area contributed by atoms with Crippen LogP contribution in [-0.2, 0) is 10.2 Å². The second-order valence-corrected chi connectivity index (χ2v) is 6.89. The van der Waals surface area contributed by atoms with Crippen LogP contribution in [0.2, 0.25) is 0 Å². The Kier molecular flexibility index (Phi) is 5.48. The Morgan fingerprint density at radius 3 is 2.50 bits per heavy atom. The van der Waals surface area contributed by atoms with Crippen molar-refractivity contribution in [1.82, 2.24) is 9.97 Å². The van der Waals surface area contributed by atoms with E-state index < -0.39 is 0 Å². The molecule has 1 fully saturated rings. The van der Waals surface area contributed by atoms with Crippen LogP contribution in [0.25, 0.3) is 0 Å². The van der Waals surface area contributed by atoms with Crippen LogP contribution in [0.3, 0.4) is 0 Å². The van der Waals surface area contributed by atoms with Gasteiger partial charge in [-0.3, -0.25) is 0 Å². The lowest BCUT2D eigenvalue weighted by atomic mass is 9.74. The average Bonchev–Trinajstić information content (AvgIpc) is 2.76. The Morgan fingerprint density at radius 1 is 1.00 bits per heavy atom. The Bertz CT molecular complexity index is 897. The first-order valence-corrected chi connectivity index (χ1v) is 9.37. The normalized spacial score (nSPS) is 15.8. The van der Waals surface area contributed by atoms with E-state index in [9.17, 15) is 4.39 Å². The molecule has 0 bridgehead atoms. The minimum Gasteiger partial charge on any atom is -0.439 e. The van der Waals surface area contributed by atoms with Crippen LogP contribution in [-0.4, -0.2) is 29.7 Å². The van der Waals surface area contributed by atoms with Gasteiger partial charge in [0, 0.05) is 37.4 Å². The molecular formula is C22H22FN3O2. The molecule has 5 nitrogen and oxygen atoms in total. The maximum absolute atomic E-state index is 13.0. The Labute approximate surface area is 163 Å². The Morgan fingerprint density at radius 2 is 1.75 bits per heavy atom. The molecule has 0 atom stereocenters. The van der Waals surface area contributed by atoms with Crippen molar-refractivity contribution in [3.05, 3.63) is 78.2 Å². The van der Waals surface area contributed by atoms with Crippen molar-refractivity contribution in [2.24, 2.45) is 0 Å². The lowest BCUT2D eigenvalue weighted by Gasteiger charge is -2.38. The van der Waals surface area contributed by atoms with E-state index in [1.165, 1.54) is 17.7 Å². The van der Waals surface area contributed by atoms with Gasteiger partial charge in [0.1, 0.15) is 11.6 Å². The summed E-state index contributed by atoms with van der Waals surface area (Å²) < 4.78 is 24.3. The zero-order valence-electron chi connectivity index (χ0n) is 15.5. The van der Waals surface area contributed by atoms with Gasteiger partial charge in [0.05, 0.1) is 0 Å². The highest BCUT2D eigenvalue weighted by molar-refractivity contribution is 5.35. The molecule has 144 valence electrons. The van der Waals surface area contributed by atoms with Gasteiger partial charge in [-0.15, -0.1) is 0 Å². The highest BCUT2D eigenvalue weighted by Gasteiger charge is 2.34. The van der Waals surface area contributed by atoms with Crippen molar-refractivity contribution in [3.63, 3.8) is 0 Å². The van der Waals surface area contributed by atoms with E-state index in [-0.39, 0.29) is 11.2 Å². The van der Waals surface area contributed by atoms with Crippen molar-refractivity contribution in [2.75, 3.05) is 25.1 Å². The summed E-state index contributed by atoms with van der Waals surface area (Å²) >= 11 is 0. The largest absolute Gasteiger partial charge is 0.439 e. The van der Waals surface area contributed by atoms with Gasteiger partial charge in [0.2, 0.25) is 11.8 Å². The predicted octanol–water partition coefficient (Wildman–Crippen LogP) is 4.57. The summed E-state index contributed by atoms with van der Waals surface area (Å²) in [7, 11) is 0. The molecule has 0 saturated carbocycles. The molecule has 0 amide bonds. The molecule has 2 heterocycles. The third kappa shape index (κ3) is 4.28. The predicted molar refractivity (Wildman–Crippen MR) is 105 cm³/mol. The summed E-state index contributed by atoms with van der Waals surface area (Å²) in [6.45, 7) is 2.19. The summed E-state index contributed by atoms with van der Waals surface area (Å²) in [6, 6.07) is 18.0. The van der Waals surface area contributed by atoms with Gasteiger partial charge in [-0.05, 0) is 42.7 Å². The maximum atomic E-state index is 13.0. The Balaban J connectivity index is 1.48. The molecule has 1 aliphatic heterocycles. The SMILES string of the molecule is Fc1ccc(Oc2ccnc(NCC3(c4ccccc4)CCOCC3)n2)cc1. The van der Waals surface area contributed by atoms with E-state index in [2.05, 4.69) is 39.6 Å². The van der Waals surface area contributed by atoms with Crippen molar-refractivity contribution >= 4 is 5.95 Å². The molecule has 0 radical (unpaired) electrons. The molecule has 1 saturated heterocycles. The van der Waals surface area contributed by atoms with Crippen molar-refractivity contribution in [2.45, 2.75) is 18.3 Å². The van der Waals surface area contributed by atoms with Crippen LogP contribution in [0, 0.1) is 5.82 Å². The first-order chi connectivity index (χ1) is 13.7. The van der Waals surface area contributed by atoms with E-state index >= 15 is 0 Å². The number of aromatic nitrogens is 2. The van der Waals surface area contributed by atoms with Gasteiger partial charge in [0.25, 0.3) is 0 Å². The third-order valence-electron chi connectivity index (χ3n) is 5.09. The third-order valence-corrected chi connectivity index (χ3v) is 5.09. The van der Waals surface area contributed by atoms with Gasteiger partial charge < -0.3 is 14.8 Å². The molecular weight excluding hydrogens is 357 g/mol. The minimum absolute atomic E-state index is 0.0172. The molecule has 0 unspecified atom stereocenters. The van der Waals surface area contributed by atoms with Crippen molar-refractivity contribution in [3.8, 4) is 11.6 Å². The molecule has 1 N–H and O–H groups in total. The number of rotatable bonds is 6. The molecule has 28 heavy (non-hydrogen) atoms. The lowest BCUT2D eigenvalue weighted by molar-refractivity contribution is 0.0543. The topological polar surface area (TPSA) is 56.3 Å². The average molecular weight is 379 g/mol. The summed E-state index contributed by atoms with van der Waals surface area (Å²) in [6.07, 6.45) is 3.53. The number of nitrogens with one attached hydrogen (secondary N) is 1. The monoisotopic (exact) mass is 379 g/mol. The standard InChI is InChI=1S/C22H22FN3O2/c23-18-6-8-19(9-7-18)28-20-10-13-24-21(26-20)25-16-22(11-14-27-15-12-22)17-4-2-1-3-5-17/h1-10,13H,11-12,14-16H2,(H,24,25,26). The fraction of sp³-hybridized carbons (Fsp3) is 0.273. The number of benzene rings is 2. The van der Waals surface area contributed by atoms with E-state index in [4.69, 9.17) is 9.47 Å². The van der Waals surface area contributed by atoms with Gasteiger partial charge in [-0.2, -0.15) is 4.98 Å². The van der Waals surface area contributed by atoms with Gasteiger partial charge >= 0.3 is 0 Å². The van der Waals surface area contributed by atoms with E-state index in [0.717, 1.165) is 26.1 Å². The fourth-order valence-electron chi connectivity index (χ4n) is 3.48. The summed E-state index contributed by atoms with van der Waals surface area (Å²) in [4.78, 5) is 8.74. The van der Waals surface area contributed by atoms with Crippen molar-refractivity contribution in [1.29, 1.82) is 0 Å². The summed E-state index contributed by atoms with van der Waals surface area (Å²) in [5, 5.41) is 3.37. The maximum Gasteiger partial charge on any atom is 0.225 e. The van der Waals surface area contributed by atoms with Crippen LogP contribution < -0.4 is 10.1 Å². The highest BCUT2D eigenvalue weighted by atomic mass is 19.1. The minimum atomic E-state index is -0.305. The van der Waals surface area contributed by atoms with E-state index in [1.54, 1.807) is 24.4 Å². The Hall–Kier alpha value is -2.99. The molecule has 4 rings (SSSR count). The van der Waals surface area contributed by atoms with E-state index in [1.807, 2.05) is 6.07 Å².